The van der Waals surface area contributed by atoms with Crippen molar-refractivity contribution in [1.29, 1.82) is 0 Å². The number of carbonyl (C=O) groups is 1. The maximum atomic E-state index is 12.8. The summed E-state index contributed by atoms with van der Waals surface area (Å²) in [6.45, 7) is 8.50. The van der Waals surface area contributed by atoms with Crippen molar-refractivity contribution in [2.75, 3.05) is 6.73 Å². The molecule has 0 saturated carbocycles. The van der Waals surface area contributed by atoms with E-state index in [4.69, 9.17) is 4.74 Å². The first-order valence-corrected chi connectivity index (χ1v) is 7.68. The summed E-state index contributed by atoms with van der Waals surface area (Å²) >= 11 is 0. The minimum atomic E-state index is -0.378. The summed E-state index contributed by atoms with van der Waals surface area (Å²) in [7, 11) is 0. The van der Waals surface area contributed by atoms with Crippen LogP contribution in [0.15, 0.2) is 41.7 Å². The van der Waals surface area contributed by atoms with Gasteiger partial charge in [0.1, 0.15) is 5.76 Å². The van der Waals surface area contributed by atoms with Crippen molar-refractivity contribution in [2.45, 2.75) is 52.5 Å². The van der Waals surface area contributed by atoms with Gasteiger partial charge in [-0.05, 0) is 39.2 Å². The molecule has 1 heterocycles. The maximum Gasteiger partial charge on any atom is 0.256 e. The number of carbonyl (C=O) groups excluding carboxylic acids is 1. The topological polar surface area (TPSA) is 29.5 Å². The summed E-state index contributed by atoms with van der Waals surface area (Å²) in [6, 6.07) is 10.1. The Balaban J connectivity index is 2.27. The Morgan fingerprint density at radius 3 is 2.52 bits per heavy atom. The van der Waals surface area contributed by atoms with Crippen LogP contribution in [0.5, 0.6) is 0 Å². The van der Waals surface area contributed by atoms with Gasteiger partial charge < -0.3 is 4.74 Å². The lowest BCUT2D eigenvalue weighted by atomic mass is 9.91. The molecule has 0 unspecified atom stereocenters. The molecule has 1 aliphatic heterocycles. The summed E-state index contributed by atoms with van der Waals surface area (Å²) in [6.07, 6.45) is 2.88. The van der Waals surface area contributed by atoms with Crippen LogP contribution >= 0.6 is 0 Å². The zero-order valence-electron chi connectivity index (χ0n) is 13.5. The fraction of sp³-hybridized carbons (Fsp3) is 0.500. The Bertz CT molecular complexity index is 531. The third kappa shape index (κ3) is 3.12. The fourth-order valence-electron chi connectivity index (χ4n) is 2.67. The molecule has 1 aliphatic rings. The number of ether oxygens (including phenoxy) is 1. The van der Waals surface area contributed by atoms with Gasteiger partial charge in [0.15, 0.2) is 6.73 Å². The van der Waals surface area contributed by atoms with Crippen LogP contribution in [0.4, 0.5) is 0 Å². The molecule has 2 rings (SSSR count). The van der Waals surface area contributed by atoms with Gasteiger partial charge in [-0.3, -0.25) is 9.69 Å². The molecule has 0 spiro atoms. The smallest absolute Gasteiger partial charge is 0.256 e. The summed E-state index contributed by atoms with van der Waals surface area (Å²) < 4.78 is 5.76. The highest BCUT2D eigenvalue weighted by Gasteiger charge is 2.37. The lowest BCUT2D eigenvalue weighted by Gasteiger charge is -2.41. The first-order valence-electron chi connectivity index (χ1n) is 7.68. The molecule has 0 saturated heterocycles. The third-order valence-electron chi connectivity index (χ3n) is 4.27. The minimum Gasteiger partial charge on any atom is -0.477 e. The van der Waals surface area contributed by atoms with Crippen LogP contribution in [-0.4, -0.2) is 17.5 Å². The van der Waals surface area contributed by atoms with Crippen LogP contribution in [0, 0.1) is 0 Å². The van der Waals surface area contributed by atoms with E-state index >= 15 is 0 Å². The Labute approximate surface area is 127 Å². The number of allylic oxidation sites excluding steroid dienone is 1. The van der Waals surface area contributed by atoms with Gasteiger partial charge in [-0.2, -0.15) is 0 Å². The summed E-state index contributed by atoms with van der Waals surface area (Å²) in [5.41, 5.74) is 1.57. The van der Waals surface area contributed by atoms with Gasteiger partial charge in [-0.1, -0.05) is 43.7 Å². The zero-order chi connectivity index (χ0) is 15.5. The van der Waals surface area contributed by atoms with Crippen LogP contribution in [0.1, 0.15) is 52.5 Å². The second kappa shape index (κ2) is 6.33. The van der Waals surface area contributed by atoms with Crippen LogP contribution < -0.4 is 0 Å². The van der Waals surface area contributed by atoms with Gasteiger partial charge >= 0.3 is 0 Å². The second-order valence-electron chi connectivity index (χ2n) is 6.07. The minimum absolute atomic E-state index is 0.112. The monoisotopic (exact) mass is 287 g/mol. The summed E-state index contributed by atoms with van der Waals surface area (Å²) in [4.78, 5) is 14.7. The molecule has 1 aromatic carbocycles. The van der Waals surface area contributed by atoms with E-state index in [2.05, 4.69) is 32.9 Å². The summed E-state index contributed by atoms with van der Waals surface area (Å²) in [5.74, 6) is 0.898. The number of nitrogens with zero attached hydrogens (tertiary/aromatic N) is 1. The average molecular weight is 287 g/mol. The van der Waals surface area contributed by atoms with Gasteiger partial charge in [0.2, 0.25) is 0 Å². The number of hydrogen-bond donors (Lipinski definition) is 0. The SMILES string of the molecule is CCCCC1=C(C)OCN(C(C)(C)c2ccccc2)C1=O. The molecule has 0 aromatic heterocycles. The Kier molecular flexibility index (Phi) is 4.71. The molecule has 1 amide bonds. The first-order chi connectivity index (χ1) is 9.98. The molecule has 0 fully saturated rings. The fourth-order valence-corrected chi connectivity index (χ4v) is 2.67. The van der Waals surface area contributed by atoms with E-state index in [9.17, 15) is 4.79 Å². The average Bonchev–Trinajstić information content (AvgIpc) is 2.48. The number of rotatable bonds is 5. The number of amides is 1. The third-order valence-corrected chi connectivity index (χ3v) is 4.27. The number of benzene rings is 1. The van der Waals surface area contributed by atoms with Gasteiger partial charge in [0.25, 0.3) is 5.91 Å². The van der Waals surface area contributed by atoms with Crippen molar-refractivity contribution in [2.24, 2.45) is 0 Å². The van der Waals surface area contributed by atoms with Crippen LogP contribution in [-0.2, 0) is 15.1 Å². The normalized spacial score (nSPS) is 16.2. The molecule has 0 N–H and O–H groups in total. The molecule has 0 bridgehead atoms. The lowest BCUT2D eigenvalue weighted by molar-refractivity contribution is -0.143. The molecular formula is C18H25NO2. The standard InChI is InChI=1S/C18H25NO2/c1-5-6-12-16-14(2)21-13-19(17(16)20)18(3,4)15-10-8-7-9-11-15/h7-11H,5-6,12-13H2,1-4H3. The molecule has 3 nitrogen and oxygen atoms in total. The van der Waals surface area contributed by atoms with Crippen molar-refractivity contribution in [1.82, 2.24) is 4.90 Å². The van der Waals surface area contributed by atoms with Gasteiger partial charge in [0, 0.05) is 0 Å². The van der Waals surface area contributed by atoms with Gasteiger partial charge in [-0.15, -0.1) is 0 Å². The predicted molar refractivity (Wildman–Crippen MR) is 84.5 cm³/mol. The van der Waals surface area contributed by atoms with Gasteiger partial charge in [-0.25, -0.2) is 0 Å². The highest BCUT2D eigenvalue weighted by Crippen LogP contribution is 2.33. The van der Waals surface area contributed by atoms with E-state index in [0.717, 1.165) is 36.2 Å². The van der Waals surface area contributed by atoms with Crippen LogP contribution in [0.2, 0.25) is 0 Å². The molecule has 21 heavy (non-hydrogen) atoms. The Morgan fingerprint density at radius 2 is 1.90 bits per heavy atom. The Morgan fingerprint density at radius 1 is 1.24 bits per heavy atom. The van der Waals surface area contributed by atoms with Crippen LogP contribution in [0.3, 0.4) is 0 Å². The first kappa shape index (κ1) is 15.6. The maximum absolute atomic E-state index is 12.8. The van der Waals surface area contributed by atoms with Crippen molar-refractivity contribution in [3.05, 3.63) is 47.2 Å². The van der Waals surface area contributed by atoms with Crippen molar-refractivity contribution < 1.29 is 9.53 Å². The molecule has 1 aromatic rings. The molecule has 3 heteroatoms. The summed E-state index contributed by atoms with van der Waals surface area (Å²) in [5, 5.41) is 0. The largest absolute Gasteiger partial charge is 0.477 e. The van der Waals surface area contributed by atoms with E-state index < -0.39 is 0 Å². The predicted octanol–water partition coefficient (Wildman–Crippen LogP) is 4.20. The molecule has 114 valence electrons. The van der Waals surface area contributed by atoms with Gasteiger partial charge in [0.05, 0.1) is 11.1 Å². The molecular weight excluding hydrogens is 262 g/mol. The van der Waals surface area contributed by atoms with E-state index in [1.807, 2.05) is 30.0 Å². The molecule has 0 radical (unpaired) electrons. The molecule has 0 atom stereocenters. The van der Waals surface area contributed by atoms with Crippen molar-refractivity contribution >= 4 is 5.91 Å². The van der Waals surface area contributed by atoms with E-state index in [-0.39, 0.29) is 11.4 Å². The zero-order valence-corrected chi connectivity index (χ0v) is 13.5. The highest BCUT2D eigenvalue weighted by atomic mass is 16.5. The highest BCUT2D eigenvalue weighted by molar-refractivity contribution is 5.95. The quantitative estimate of drug-likeness (QED) is 0.812. The second-order valence-corrected chi connectivity index (χ2v) is 6.07. The van der Waals surface area contributed by atoms with Crippen molar-refractivity contribution in [3.63, 3.8) is 0 Å². The Hall–Kier alpha value is -1.77. The van der Waals surface area contributed by atoms with Crippen molar-refractivity contribution in [3.8, 4) is 0 Å². The number of hydrogen-bond acceptors (Lipinski definition) is 2. The molecule has 0 aliphatic carbocycles. The van der Waals surface area contributed by atoms with E-state index in [1.165, 1.54) is 0 Å². The van der Waals surface area contributed by atoms with E-state index in [1.54, 1.807) is 0 Å². The van der Waals surface area contributed by atoms with E-state index in [0.29, 0.717) is 6.73 Å². The van der Waals surface area contributed by atoms with Crippen LogP contribution in [0.25, 0.3) is 0 Å². The number of unbranched alkanes of at least 4 members (excludes halogenated alkanes) is 1. The lowest BCUT2D eigenvalue weighted by Crippen LogP contribution is -2.49.